The zero-order valence-electron chi connectivity index (χ0n) is 22.6. The Hall–Kier alpha value is -3.17. The van der Waals surface area contributed by atoms with Gasteiger partial charge in [0.2, 0.25) is 21.8 Å². The molecule has 0 saturated carbocycles. The molecule has 208 valence electrons. The van der Waals surface area contributed by atoms with Crippen molar-refractivity contribution in [3.05, 3.63) is 100 Å². The maximum Gasteiger partial charge on any atom is 0.244 e. The predicted molar refractivity (Wildman–Crippen MR) is 160 cm³/mol. The lowest BCUT2D eigenvalue weighted by Crippen LogP contribution is -2.53. The van der Waals surface area contributed by atoms with Crippen molar-refractivity contribution in [2.45, 2.75) is 45.7 Å². The molecule has 3 aromatic carbocycles. The Bertz CT molecular complexity index is 1350. The molecule has 2 amide bonds. The molecule has 9 heteroatoms. The summed E-state index contributed by atoms with van der Waals surface area (Å²) in [6, 6.07) is 23.3. The van der Waals surface area contributed by atoms with Gasteiger partial charge in [0.1, 0.15) is 12.6 Å². The lowest BCUT2D eigenvalue weighted by molar-refractivity contribution is -0.140. The van der Waals surface area contributed by atoms with Gasteiger partial charge in [-0.25, -0.2) is 8.42 Å². The summed E-state index contributed by atoms with van der Waals surface area (Å²) in [5.41, 5.74) is 2.89. The number of hydrogen-bond donors (Lipinski definition) is 1. The molecule has 3 rings (SSSR count). The quantitative estimate of drug-likeness (QED) is 0.272. The fourth-order valence-corrected chi connectivity index (χ4v) is 5.46. The molecule has 0 spiro atoms. The number of sulfonamides is 1. The van der Waals surface area contributed by atoms with Crippen molar-refractivity contribution in [1.29, 1.82) is 0 Å². The highest BCUT2D eigenvalue weighted by Crippen LogP contribution is 2.23. The molecule has 0 aliphatic carbocycles. The zero-order valence-corrected chi connectivity index (χ0v) is 25.0. The normalized spacial score (nSPS) is 12.0. The summed E-state index contributed by atoms with van der Waals surface area (Å²) in [6.45, 7) is 4.07. The van der Waals surface area contributed by atoms with E-state index >= 15 is 0 Å². The van der Waals surface area contributed by atoms with Crippen molar-refractivity contribution in [3.63, 3.8) is 0 Å². The van der Waals surface area contributed by atoms with Crippen molar-refractivity contribution in [2.75, 3.05) is 23.7 Å². The monoisotopic (exact) mass is 613 g/mol. The SMILES string of the molecule is CCCCNC(=O)[C@@H](Cc1ccccc1)N(Cc1ccc(Br)cc1)C(=O)CN(c1ccccc1C)S(C)(=O)=O. The summed E-state index contributed by atoms with van der Waals surface area (Å²) in [5.74, 6) is -0.724. The first-order valence-corrected chi connectivity index (χ1v) is 15.6. The Kier molecular flexibility index (Phi) is 11.1. The van der Waals surface area contributed by atoms with E-state index < -0.39 is 28.5 Å². The molecule has 0 heterocycles. The van der Waals surface area contributed by atoms with Crippen molar-refractivity contribution >= 4 is 43.5 Å². The summed E-state index contributed by atoms with van der Waals surface area (Å²) in [7, 11) is -3.79. The molecule has 0 bridgehead atoms. The van der Waals surface area contributed by atoms with Crippen LogP contribution in [0.4, 0.5) is 5.69 Å². The first-order valence-electron chi connectivity index (χ1n) is 13.0. The summed E-state index contributed by atoms with van der Waals surface area (Å²) in [4.78, 5) is 29.1. The van der Waals surface area contributed by atoms with Gasteiger partial charge in [0.25, 0.3) is 0 Å². The van der Waals surface area contributed by atoms with Crippen LogP contribution in [0.15, 0.2) is 83.3 Å². The van der Waals surface area contributed by atoms with Crippen LogP contribution in [-0.4, -0.2) is 50.5 Å². The Morgan fingerprint density at radius 1 is 0.923 bits per heavy atom. The van der Waals surface area contributed by atoms with Gasteiger partial charge in [-0.15, -0.1) is 0 Å². The van der Waals surface area contributed by atoms with Crippen LogP contribution in [0.2, 0.25) is 0 Å². The van der Waals surface area contributed by atoms with E-state index in [1.165, 1.54) is 4.90 Å². The third kappa shape index (κ3) is 8.93. The largest absolute Gasteiger partial charge is 0.354 e. The third-order valence-electron chi connectivity index (χ3n) is 6.43. The lowest BCUT2D eigenvalue weighted by atomic mass is 10.0. The van der Waals surface area contributed by atoms with E-state index in [0.29, 0.717) is 18.7 Å². The van der Waals surface area contributed by atoms with Gasteiger partial charge >= 0.3 is 0 Å². The Labute approximate surface area is 240 Å². The van der Waals surface area contributed by atoms with Crippen LogP contribution in [0.25, 0.3) is 0 Å². The van der Waals surface area contributed by atoms with Gasteiger partial charge < -0.3 is 10.2 Å². The fourth-order valence-electron chi connectivity index (χ4n) is 4.28. The van der Waals surface area contributed by atoms with Crippen molar-refractivity contribution in [3.8, 4) is 0 Å². The molecule has 0 fully saturated rings. The molecular formula is C30H36BrN3O4S. The number of nitrogens with zero attached hydrogens (tertiary/aromatic N) is 2. The third-order valence-corrected chi connectivity index (χ3v) is 8.09. The minimum Gasteiger partial charge on any atom is -0.354 e. The molecule has 1 N–H and O–H groups in total. The molecule has 1 atom stereocenters. The van der Waals surface area contributed by atoms with E-state index in [4.69, 9.17) is 0 Å². The summed E-state index contributed by atoms with van der Waals surface area (Å²) < 4.78 is 27.8. The second-order valence-corrected chi connectivity index (χ2v) is 12.4. The van der Waals surface area contributed by atoms with Crippen LogP contribution in [0.1, 0.15) is 36.5 Å². The molecule has 3 aromatic rings. The van der Waals surface area contributed by atoms with Crippen LogP contribution in [-0.2, 0) is 32.6 Å². The number of halogens is 1. The van der Waals surface area contributed by atoms with Gasteiger partial charge in [0.15, 0.2) is 0 Å². The van der Waals surface area contributed by atoms with Crippen LogP contribution in [0, 0.1) is 6.92 Å². The molecule has 0 aromatic heterocycles. The molecular weight excluding hydrogens is 578 g/mol. The highest BCUT2D eigenvalue weighted by Gasteiger charge is 2.33. The van der Waals surface area contributed by atoms with Crippen LogP contribution < -0.4 is 9.62 Å². The highest BCUT2D eigenvalue weighted by molar-refractivity contribution is 9.10. The first kappa shape index (κ1) is 30.4. The molecule has 0 aliphatic rings. The molecule has 0 unspecified atom stereocenters. The number of unbranched alkanes of at least 4 members (excludes halogenated alkanes) is 1. The number of carbonyl (C=O) groups is 2. The van der Waals surface area contributed by atoms with Crippen molar-refractivity contribution in [1.82, 2.24) is 10.2 Å². The average Bonchev–Trinajstić information content (AvgIpc) is 2.91. The molecule has 0 saturated heterocycles. The summed E-state index contributed by atoms with van der Waals surface area (Å²) in [5, 5.41) is 2.99. The maximum absolute atomic E-state index is 14.1. The first-order chi connectivity index (χ1) is 18.6. The smallest absolute Gasteiger partial charge is 0.244 e. The second-order valence-electron chi connectivity index (χ2n) is 9.55. The van der Waals surface area contributed by atoms with E-state index in [1.54, 1.807) is 25.1 Å². The number of anilines is 1. The number of hydrogen-bond acceptors (Lipinski definition) is 4. The Morgan fingerprint density at radius 3 is 2.18 bits per heavy atom. The zero-order chi connectivity index (χ0) is 28.4. The molecule has 0 aliphatic heterocycles. The van der Waals surface area contributed by atoms with Crippen molar-refractivity contribution < 1.29 is 18.0 Å². The summed E-state index contributed by atoms with van der Waals surface area (Å²) in [6.07, 6.45) is 3.12. The van der Waals surface area contributed by atoms with Gasteiger partial charge in [-0.1, -0.05) is 89.9 Å². The van der Waals surface area contributed by atoms with Crippen LogP contribution >= 0.6 is 15.9 Å². The number of nitrogens with one attached hydrogen (secondary N) is 1. The van der Waals surface area contributed by atoms with Crippen LogP contribution in [0.3, 0.4) is 0 Å². The van der Waals surface area contributed by atoms with Gasteiger partial charge in [0, 0.05) is 24.0 Å². The van der Waals surface area contributed by atoms with Gasteiger partial charge in [-0.05, 0) is 48.2 Å². The number of rotatable bonds is 13. The highest BCUT2D eigenvalue weighted by atomic mass is 79.9. The lowest BCUT2D eigenvalue weighted by Gasteiger charge is -2.33. The van der Waals surface area contributed by atoms with Crippen molar-refractivity contribution in [2.24, 2.45) is 0 Å². The Morgan fingerprint density at radius 2 is 1.56 bits per heavy atom. The second kappa shape index (κ2) is 14.3. The maximum atomic E-state index is 14.1. The van der Waals surface area contributed by atoms with E-state index in [1.807, 2.05) is 67.6 Å². The number of aryl methyl sites for hydroxylation is 1. The predicted octanol–water partition coefficient (Wildman–Crippen LogP) is 5.08. The standard InChI is InChI=1S/C30H36BrN3O4S/c1-4-5-19-32-30(36)28(20-24-12-7-6-8-13-24)33(21-25-15-17-26(31)18-16-25)29(35)22-34(39(3,37)38)27-14-10-9-11-23(27)2/h6-18,28H,4-5,19-22H2,1-3H3,(H,32,36)/t28-/m1/s1. The minimum absolute atomic E-state index is 0.149. The van der Waals surface area contributed by atoms with Crippen LogP contribution in [0.5, 0.6) is 0 Å². The number of amides is 2. The minimum atomic E-state index is -3.79. The molecule has 0 radical (unpaired) electrons. The number of benzene rings is 3. The average molecular weight is 615 g/mol. The van der Waals surface area contributed by atoms with E-state index in [2.05, 4.69) is 21.2 Å². The molecule has 39 heavy (non-hydrogen) atoms. The fraction of sp³-hybridized carbons (Fsp3) is 0.333. The van der Waals surface area contributed by atoms with Gasteiger partial charge in [0.05, 0.1) is 11.9 Å². The summed E-state index contributed by atoms with van der Waals surface area (Å²) >= 11 is 3.44. The van der Waals surface area contributed by atoms with E-state index in [9.17, 15) is 18.0 Å². The topological polar surface area (TPSA) is 86.8 Å². The Balaban J connectivity index is 2.03. The number of para-hydroxylation sites is 1. The molecule has 7 nitrogen and oxygen atoms in total. The number of carbonyl (C=O) groups excluding carboxylic acids is 2. The van der Waals surface area contributed by atoms with Gasteiger partial charge in [-0.3, -0.25) is 13.9 Å². The van der Waals surface area contributed by atoms with E-state index in [0.717, 1.165) is 44.6 Å². The van der Waals surface area contributed by atoms with E-state index in [-0.39, 0.29) is 12.5 Å². The van der Waals surface area contributed by atoms with Gasteiger partial charge in [-0.2, -0.15) is 0 Å².